The number of likely N-dealkylation sites (tertiary alicyclic amines) is 2. The van der Waals surface area contributed by atoms with Crippen LogP contribution in [0.2, 0.25) is 0 Å². The van der Waals surface area contributed by atoms with Crippen LogP contribution in [0.4, 0.5) is 0 Å². The minimum Gasteiger partial charge on any atom is -0.335 e. The number of nitrogens with zero attached hydrogens (tertiary/aromatic N) is 1. The standard InChI is InChI=1S/C11H21N.C8H16N2.C5H11N.H2/c1-2-12-9-5-7-10-6-3-4-8-11(10)12;1-2-8-7-9-3-5-10(8)6-4-9;1-2-6-4-3-5-6;/h10-11H,2-9H2,1H3;8H,2-7H2,1H3;2-5H2,1H3;1H/p+3. The summed E-state index contributed by atoms with van der Waals surface area (Å²) >= 11 is 0. The topological polar surface area (TPSA) is 16.6 Å². The van der Waals surface area contributed by atoms with Gasteiger partial charge >= 0.3 is 0 Å². The maximum Gasteiger partial charge on any atom is 0.100 e. The van der Waals surface area contributed by atoms with E-state index in [0.717, 1.165) is 18.0 Å². The summed E-state index contributed by atoms with van der Waals surface area (Å²) in [6.07, 6.45) is 11.9. The van der Waals surface area contributed by atoms with E-state index in [2.05, 4.69) is 25.7 Å². The van der Waals surface area contributed by atoms with E-state index in [1.807, 2.05) is 9.80 Å². The summed E-state index contributed by atoms with van der Waals surface area (Å²) < 4.78 is 0. The van der Waals surface area contributed by atoms with Crippen LogP contribution in [0.25, 0.3) is 0 Å². The smallest absolute Gasteiger partial charge is 0.100 e. The summed E-state index contributed by atoms with van der Waals surface area (Å²) in [7, 11) is 0. The Morgan fingerprint density at radius 3 is 1.96 bits per heavy atom. The van der Waals surface area contributed by atoms with Crippen LogP contribution in [0.15, 0.2) is 0 Å². The molecule has 0 spiro atoms. The highest BCUT2D eigenvalue weighted by Gasteiger charge is 2.35. The van der Waals surface area contributed by atoms with E-state index in [1.54, 1.807) is 4.90 Å². The molecule has 4 nitrogen and oxygen atoms in total. The van der Waals surface area contributed by atoms with Gasteiger partial charge in [-0.3, -0.25) is 4.90 Å². The first kappa shape index (κ1) is 22.5. The Balaban J connectivity index is 0.000000160. The molecule has 6 aliphatic rings. The predicted octanol–water partition coefficient (Wildman–Crippen LogP) is -0.236. The minimum atomic E-state index is 0. The summed E-state index contributed by atoms with van der Waals surface area (Å²) in [6, 6.07) is 2.01. The zero-order valence-corrected chi connectivity index (χ0v) is 19.4. The van der Waals surface area contributed by atoms with Crippen molar-refractivity contribution in [3.8, 4) is 0 Å². The lowest BCUT2D eigenvalue weighted by Gasteiger charge is -2.44. The van der Waals surface area contributed by atoms with E-state index >= 15 is 0 Å². The normalized spacial score (nSPS) is 39.5. The summed E-state index contributed by atoms with van der Waals surface area (Å²) in [5, 5.41) is 0. The molecule has 4 unspecified atom stereocenters. The first-order chi connectivity index (χ1) is 13.7. The van der Waals surface area contributed by atoms with Gasteiger partial charge in [-0.05, 0) is 52.4 Å². The van der Waals surface area contributed by atoms with Crippen LogP contribution in [0.5, 0.6) is 0 Å². The zero-order valence-electron chi connectivity index (χ0n) is 19.4. The number of piperidine rings is 1. The van der Waals surface area contributed by atoms with E-state index in [9.17, 15) is 0 Å². The van der Waals surface area contributed by atoms with Crippen LogP contribution in [-0.2, 0) is 0 Å². The van der Waals surface area contributed by atoms with Crippen molar-refractivity contribution in [3.63, 3.8) is 0 Å². The molecule has 0 amide bonds. The molecule has 1 aliphatic carbocycles. The van der Waals surface area contributed by atoms with Crippen molar-refractivity contribution in [3.05, 3.63) is 0 Å². The van der Waals surface area contributed by atoms with Crippen molar-refractivity contribution in [2.45, 2.75) is 84.2 Å². The highest BCUT2D eigenvalue weighted by molar-refractivity contribution is 4.77. The molecule has 0 aromatic carbocycles. The van der Waals surface area contributed by atoms with Crippen molar-refractivity contribution >= 4 is 0 Å². The van der Waals surface area contributed by atoms with Gasteiger partial charge in [0.25, 0.3) is 0 Å². The molecular formula is C24H53N4+3. The maximum absolute atomic E-state index is 2.61. The van der Waals surface area contributed by atoms with Gasteiger partial charge in [0, 0.05) is 26.9 Å². The van der Waals surface area contributed by atoms with Crippen LogP contribution >= 0.6 is 0 Å². The largest absolute Gasteiger partial charge is 0.335 e. The van der Waals surface area contributed by atoms with Crippen LogP contribution < -0.4 is 14.7 Å². The van der Waals surface area contributed by atoms with Gasteiger partial charge in [0.05, 0.1) is 58.4 Å². The molecule has 6 rings (SSSR count). The Morgan fingerprint density at radius 2 is 1.50 bits per heavy atom. The fourth-order valence-electron chi connectivity index (χ4n) is 6.38. The molecular weight excluding hydrogens is 344 g/mol. The molecule has 2 bridgehead atoms. The van der Waals surface area contributed by atoms with Crippen molar-refractivity contribution in [2.24, 2.45) is 5.92 Å². The molecule has 28 heavy (non-hydrogen) atoms. The Labute approximate surface area is 177 Å². The lowest BCUT2D eigenvalue weighted by molar-refractivity contribution is -0.940. The van der Waals surface area contributed by atoms with Gasteiger partial charge in [0.2, 0.25) is 0 Å². The number of hydrogen-bond acceptors (Lipinski definition) is 1. The number of fused-ring (bicyclic) bond motifs is 4. The van der Waals surface area contributed by atoms with Gasteiger partial charge in [-0.25, -0.2) is 0 Å². The van der Waals surface area contributed by atoms with E-state index in [4.69, 9.17) is 0 Å². The van der Waals surface area contributed by atoms with Crippen molar-refractivity contribution < 1.29 is 16.1 Å². The van der Waals surface area contributed by atoms with Crippen LogP contribution in [-0.4, -0.2) is 82.4 Å². The van der Waals surface area contributed by atoms with E-state index in [0.29, 0.717) is 0 Å². The lowest BCUT2D eigenvalue weighted by atomic mass is 9.78. The third-order valence-electron chi connectivity index (χ3n) is 8.57. The molecule has 0 radical (unpaired) electrons. The quantitative estimate of drug-likeness (QED) is 0.599. The number of hydrogen-bond donors (Lipinski definition) is 3. The minimum absolute atomic E-state index is 0. The van der Waals surface area contributed by atoms with Crippen molar-refractivity contribution in [1.29, 1.82) is 0 Å². The second-order valence-electron chi connectivity index (χ2n) is 10.1. The van der Waals surface area contributed by atoms with Crippen LogP contribution in [0, 0.1) is 5.92 Å². The fourth-order valence-corrected chi connectivity index (χ4v) is 6.38. The Kier molecular flexibility index (Phi) is 9.56. The summed E-state index contributed by atoms with van der Waals surface area (Å²) in [5.74, 6) is 1.10. The highest BCUT2D eigenvalue weighted by Crippen LogP contribution is 2.28. The summed E-state index contributed by atoms with van der Waals surface area (Å²) in [6.45, 7) is 20.8. The van der Waals surface area contributed by atoms with E-state index in [1.165, 1.54) is 117 Å². The van der Waals surface area contributed by atoms with Gasteiger partial charge in [0.1, 0.15) is 6.04 Å². The van der Waals surface area contributed by atoms with Crippen LogP contribution in [0.3, 0.4) is 0 Å². The number of piperazine rings is 3. The monoisotopic (exact) mass is 397 g/mol. The maximum atomic E-state index is 2.61. The van der Waals surface area contributed by atoms with Gasteiger partial charge < -0.3 is 14.7 Å². The van der Waals surface area contributed by atoms with E-state index < -0.39 is 0 Å². The first-order valence-electron chi connectivity index (χ1n) is 13.0. The number of nitrogens with one attached hydrogen (secondary N) is 3. The van der Waals surface area contributed by atoms with Gasteiger partial charge in [-0.1, -0.05) is 13.3 Å². The molecule has 1 saturated carbocycles. The second kappa shape index (κ2) is 11.9. The van der Waals surface area contributed by atoms with Gasteiger partial charge in [0.15, 0.2) is 0 Å². The van der Waals surface area contributed by atoms with E-state index in [-0.39, 0.29) is 1.43 Å². The first-order valence-corrected chi connectivity index (χ1v) is 13.0. The predicted molar refractivity (Wildman–Crippen MR) is 121 cm³/mol. The lowest BCUT2D eigenvalue weighted by Crippen LogP contribution is -3.21. The second-order valence-corrected chi connectivity index (χ2v) is 10.1. The van der Waals surface area contributed by atoms with Crippen LogP contribution in [0.1, 0.15) is 73.6 Å². The highest BCUT2D eigenvalue weighted by atomic mass is 15.3. The molecule has 3 N–H and O–H groups in total. The third kappa shape index (κ3) is 6.17. The Bertz CT molecular complexity index is 412. The average molecular weight is 398 g/mol. The Hall–Kier alpha value is -0.160. The van der Waals surface area contributed by atoms with Crippen molar-refractivity contribution in [2.75, 3.05) is 65.4 Å². The summed E-state index contributed by atoms with van der Waals surface area (Å²) in [4.78, 5) is 8.16. The molecule has 5 heterocycles. The van der Waals surface area contributed by atoms with Gasteiger partial charge in [-0.2, -0.15) is 0 Å². The number of rotatable bonds is 3. The third-order valence-corrected chi connectivity index (χ3v) is 8.57. The van der Waals surface area contributed by atoms with Gasteiger partial charge in [-0.15, -0.1) is 0 Å². The molecule has 5 saturated heterocycles. The number of quaternary nitrogens is 3. The molecule has 4 heteroatoms. The molecule has 4 atom stereocenters. The van der Waals surface area contributed by atoms with Crippen molar-refractivity contribution in [1.82, 2.24) is 4.90 Å². The molecule has 6 fully saturated rings. The average Bonchev–Trinajstić information content (AvgIpc) is 2.74. The molecule has 0 aromatic rings. The molecule has 166 valence electrons. The fraction of sp³-hybridized carbons (Fsp3) is 1.00. The molecule has 5 aliphatic heterocycles. The zero-order chi connectivity index (χ0) is 19.8. The summed E-state index contributed by atoms with van der Waals surface area (Å²) in [5.41, 5.74) is 0. The Morgan fingerprint density at radius 1 is 0.786 bits per heavy atom. The SMILES string of the molecule is CCC1CN2CC[NH+]1CC2.CC[NH+]1CCC1.CC[NH+]1CCCC2CCCCC21.[HH]. The molecule has 0 aromatic heterocycles.